The van der Waals surface area contributed by atoms with E-state index in [0.29, 0.717) is 35.6 Å². The molecule has 2 N–H and O–H groups in total. The van der Waals surface area contributed by atoms with Gasteiger partial charge in [0.05, 0.1) is 12.9 Å². The minimum atomic E-state index is -0.119. The number of hydrogen-bond acceptors (Lipinski definition) is 7. The van der Waals surface area contributed by atoms with Crippen LogP contribution in [0.25, 0.3) is 12.2 Å². The maximum atomic E-state index is 12.3. The first-order valence-corrected chi connectivity index (χ1v) is 12.0. The first-order chi connectivity index (χ1) is 17.1. The highest BCUT2D eigenvalue weighted by Crippen LogP contribution is 2.29. The Kier molecular flexibility index (Phi) is 8.24. The van der Waals surface area contributed by atoms with Gasteiger partial charge in [0.2, 0.25) is 11.1 Å². The molecule has 2 aromatic heterocycles. The summed E-state index contributed by atoms with van der Waals surface area (Å²) in [5.41, 5.74) is 1.98. The molecule has 0 spiro atoms. The lowest BCUT2D eigenvalue weighted by Gasteiger charge is -2.13. The number of rotatable bonds is 11. The van der Waals surface area contributed by atoms with Crippen LogP contribution in [0.3, 0.4) is 0 Å². The number of benzene rings is 2. The minimum Gasteiger partial charge on any atom is -0.493 e. The Hall–Kier alpha value is -3.98. The van der Waals surface area contributed by atoms with E-state index in [9.17, 15) is 4.79 Å². The number of nitrogens with zero attached hydrogens (tertiary/aromatic N) is 2. The molecule has 4 aromatic rings. The van der Waals surface area contributed by atoms with E-state index in [1.807, 2.05) is 67.6 Å². The Labute approximate surface area is 207 Å². The van der Waals surface area contributed by atoms with Gasteiger partial charge in [-0.1, -0.05) is 48.2 Å². The molecular weight excluding hydrogens is 464 g/mol. The van der Waals surface area contributed by atoms with Crippen LogP contribution < -0.4 is 14.8 Å². The first-order valence-electron chi connectivity index (χ1n) is 11.0. The molecule has 2 aromatic carbocycles. The number of aromatic nitrogens is 3. The number of aromatic amines is 1. The summed E-state index contributed by atoms with van der Waals surface area (Å²) < 4.78 is 16.8. The molecule has 1 amide bonds. The van der Waals surface area contributed by atoms with Crippen LogP contribution in [0.15, 0.2) is 70.2 Å². The summed E-state index contributed by atoms with van der Waals surface area (Å²) in [4.78, 5) is 16.7. The molecule has 180 valence electrons. The number of furan rings is 1. The molecule has 2 heterocycles. The third-order valence-corrected chi connectivity index (χ3v) is 5.78. The molecule has 0 saturated carbocycles. The van der Waals surface area contributed by atoms with Gasteiger partial charge in [0.15, 0.2) is 11.5 Å². The number of nitrogens with one attached hydrogen (secondary N) is 2. The lowest BCUT2D eigenvalue weighted by Crippen LogP contribution is -2.24. The van der Waals surface area contributed by atoms with Crippen LogP contribution in [0.4, 0.5) is 0 Å². The van der Waals surface area contributed by atoms with Gasteiger partial charge in [-0.15, -0.1) is 5.10 Å². The monoisotopic (exact) mass is 490 g/mol. The van der Waals surface area contributed by atoms with Crippen molar-refractivity contribution in [1.29, 1.82) is 0 Å². The second-order valence-corrected chi connectivity index (χ2v) is 8.55. The van der Waals surface area contributed by atoms with Crippen molar-refractivity contribution in [2.75, 3.05) is 12.9 Å². The highest BCUT2D eigenvalue weighted by atomic mass is 32.2. The number of thioether (sulfide) groups is 1. The first kappa shape index (κ1) is 24.2. The summed E-state index contributed by atoms with van der Waals surface area (Å²) in [7, 11) is 1.60. The average Bonchev–Trinajstić information content (AvgIpc) is 3.52. The summed E-state index contributed by atoms with van der Waals surface area (Å²) in [6.07, 6.45) is 3.58. The van der Waals surface area contributed by atoms with Gasteiger partial charge in [-0.3, -0.25) is 9.89 Å². The molecule has 35 heavy (non-hydrogen) atoms. The predicted octanol–water partition coefficient (Wildman–Crippen LogP) is 4.87. The number of methoxy groups -OCH3 is 1. The van der Waals surface area contributed by atoms with Crippen molar-refractivity contribution in [2.45, 2.75) is 25.2 Å². The number of carbonyl (C=O) groups is 1. The normalized spacial score (nSPS) is 11.0. The Balaban J connectivity index is 1.23. The number of aryl methyl sites for hydroxylation is 1. The van der Waals surface area contributed by atoms with E-state index in [1.54, 1.807) is 19.3 Å². The third kappa shape index (κ3) is 7.25. The van der Waals surface area contributed by atoms with Gasteiger partial charge >= 0.3 is 0 Å². The molecule has 0 atom stereocenters. The van der Waals surface area contributed by atoms with E-state index in [0.717, 1.165) is 22.6 Å². The third-order valence-electron chi connectivity index (χ3n) is 4.94. The van der Waals surface area contributed by atoms with E-state index < -0.39 is 0 Å². The zero-order valence-corrected chi connectivity index (χ0v) is 20.3. The Morgan fingerprint density at radius 2 is 1.94 bits per heavy atom. The number of H-pyrrole nitrogens is 1. The molecule has 0 aliphatic heterocycles. The van der Waals surface area contributed by atoms with Crippen molar-refractivity contribution in [2.24, 2.45) is 0 Å². The molecule has 4 rings (SSSR count). The van der Waals surface area contributed by atoms with Crippen molar-refractivity contribution in [1.82, 2.24) is 20.5 Å². The lowest BCUT2D eigenvalue weighted by molar-refractivity contribution is -0.118. The van der Waals surface area contributed by atoms with Gasteiger partial charge in [-0.05, 0) is 54.5 Å². The van der Waals surface area contributed by atoms with Gasteiger partial charge in [0, 0.05) is 6.54 Å². The van der Waals surface area contributed by atoms with E-state index in [4.69, 9.17) is 13.9 Å². The van der Waals surface area contributed by atoms with Crippen LogP contribution in [0.5, 0.6) is 11.5 Å². The number of amides is 1. The van der Waals surface area contributed by atoms with Crippen molar-refractivity contribution in [3.05, 3.63) is 89.1 Å². The maximum Gasteiger partial charge on any atom is 0.230 e. The number of carbonyl (C=O) groups excluding carboxylic acids is 1. The fourth-order valence-electron chi connectivity index (χ4n) is 3.16. The summed E-state index contributed by atoms with van der Waals surface area (Å²) in [6, 6.07) is 19.3. The van der Waals surface area contributed by atoms with Gasteiger partial charge < -0.3 is 19.2 Å². The number of ether oxygens (including phenoxy) is 2. The molecule has 0 radical (unpaired) electrons. The minimum absolute atomic E-state index is 0.119. The van der Waals surface area contributed by atoms with E-state index in [2.05, 4.69) is 20.5 Å². The van der Waals surface area contributed by atoms with Crippen molar-refractivity contribution in [3.8, 4) is 11.5 Å². The van der Waals surface area contributed by atoms with Crippen LogP contribution in [0.1, 0.15) is 28.5 Å². The van der Waals surface area contributed by atoms with Crippen LogP contribution in [-0.2, 0) is 17.9 Å². The van der Waals surface area contributed by atoms with E-state index in [1.165, 1.54) is 11.8 Å². The molecule has 0 saturated heterocycles. The SMILES string of the molecule is COc1cc(CNC(=O)CSc2n[nH]c(/C=C/c3ccc(C)o3)n2)ccc1OCc1ccccc1. The smallest absolute Gasteiger partial charge is 0.230 e. The van der Waals surface area contributed by atoms with Crippen LogP contribution in [0, 0.1) is 6.92 Å². The lowest BCUT2D eigenvalue weighted by atomic mass is 10.2. The topological polar surface area (TPSA) is 102 Å². The van der Waals surface area contributed by atoms with E-state index >= 15 is 0 Å². The van der Waals surface area contributed by atoms with E-state index in [-0.39, 0.29) is 11.7 Å². The van der Waals surface area contributed by atoms with Crippen LogP contribution >= 0.6 is 11.8 Å². The van der Waals surface area contributed by atoms with Crippen molar-refractivity contribution in [3.63, 3.8) is 0 Å². The highest BCUT2D eigenvalue weighted by Gasteiger charge is 2.10. The van der Waals surface area contributed by atoms with Gasteiger partial charge in [-0.25, -0.2) is 4.98 Å². The molecule has 0 unspecified atom stereocenters. The zero-order valence-electron chi connectivity index (χ0n) is 19.5. The number of hydrogen-bond donors (Lipinski definition) is 2. The van der Waals surface area contributed by atoms with Crippen LogP contribution in [-0.4, -0.2) is 34.0 Å². The van der Waals surface area contributed by atoms with Gasteiger partial charge in [0.1, 0.15) is 24.0 Å². The fourth-order valence-corrected chi connectivity index (χ4v) is 3.79. The molecule has 0 aliphatic rings. The molecule has 9 heteroatoms. The molecule has 8 nitrogen and oxygen atoms in total. The maximum absolute atomic E-state index is 12.3. The molecule has 0 bridgehead atoms. The second kappa shape index (κ2) is 11.9. The average molecular weight is 491 g/mol. The van der Waals surface area contributed by atoms with Crippen molar-refractivity contribution < 1.29 is 18.7 Å². The molecular formula is C26H26N4O4S. The fraction of sp³-hybridized carbons (Fsp3) is 0.192. The summed E-state index contributed by atoms with van der Waals surface area (Å²) in [5, 5.41) is 10.4. The predicted molar refractivity (Wildman–Crippen MR) is 135 cm³/mol. The molecule has 0 aliphatic carbocycles. The second-order valence-electron chi connectivity index (χ2n) is 7.61. The summed E-state index contributed by atoms with van der Waals surface area (Å²) >= 11 is 1.26. The van der Waals surface area contributed by atoms with Gasteiger partial charge in [0.25, 0.3) is 0 Å². The highest BCUT2D eigenvalue weighted by molar-refractivity contribution is 7.99. The molecule has 0 fully saturated rings. The summed E-state index contributed by atoms with van der Waals surface area (Å²) in [5.74, 6) is 3.52. The largest absolute Gasteiger partial charge is 0.493 e. The quantitative estimate of drug-likeness (QED) is 0.289. The zero-order chi connectivity index (χ0) is 24.5. The summed E-state index contributed by atoms with van der Waals surface area (Å²) in [6.45, 7) is 2.71. The standard InChI is InChI=1S/C26H26N4O4S/c1-18-8-10-21(34-18)11-13-24-28-26(30-29-24)35-17-25(31)27-15-20-9-12-22(23(14-20)32-2)33-16-19-6-4-3-5-7-19/h3-14H,15-17H2,1-2H3,(H,27,31)(H,28,29,30)/b13-11+. The van der Waals surface area contributed by atoms with Gasteiger partial charge in [-0.2, -0.15) is 0 Å². The Morgan fingerprint density at radius 1 is 1.09 bits per heavy atom. The Morgan fingerprint density at radius 3 is 2.71 bits per heavy atom. The van der Waals surface area contributed by atoms with Crippen LogP contribution in [0.2, 0.25) is 0 Å². The Bertz CT molecular complexity index is 1280. The van der Waals surface area contributed by atoms with Crippen molar-refractivity contribution >= 4 is 29.8 Å².